The summed E-state index contributed by atoms with van der Waals surface area (Å²) in [6.45, 7) is 7.63. The van der Waals surface area contributed by atoms with Crippen LogP contribution in [0.2, 0.25) is 0 Å². The van der Waals surface area contributed by atoms with E-state index >= 15 is 0 Å². The van der Waals surface area contributed by atoms with Gasteiger partial charge in [0.25, 0.3) is 0 Å². The number of hydrogen-bond acceptors (Lipinski definition) is 4. The summed E-state index contributed by atoms with van der Waals surface area (Å²) in [6.07, 6.45) is 2.96. The summed E-state index contributed by atoms with van der Waals surface area (Å²) in [6, 6.07) is 3.36. The molecule has 1 amide bonds. The van der Waals surface area contributed by atoms with Crippen LogP contribution >= 0.6 is 0 Å². The van der Waals surface area contributed by atoms with Gasteiger partial charge < -0.3 is 20.2 Å². The molecule has 106 valence electrons. The van der Waals surface area contributed by atoms with E-state index in [4.69, 9.17) is 14.9 Å². The first-order valence-corrected chi connectivity index (χ1v) is 6.23. The SMILES string of the molecule is C/C(=C\c1ccco1)C(CN)NC(=O)OC(C)(C)C. The van der Waals surface area contributed by atoms with Crippen molar-refractivity contribution in [2.45, 2.75) is 39.3 Å². The fourth-order valence-corrected chi connectivity index (χ4v) is 1.51. The highest BCUT2D eigenvalue weighted by Crippen LogP contribution is 2.11. The van der Waals surface area contributed by atoms with Crippen molar-refractivity contribution in [3.05, 3.63) is 29.7 Å². The van der Waals surface area contributed by atoms with E-state index in [1.807, 2.05) is 39.8 Å². The number of nitrogens with one attached hydrogen (secondary N) is 1. The maximum atomic E-state index is 11.7. The largest absolute Gasteiger partial charge is 0.465 e. The zero-order chi connectivity index (χ0) is 14.5. The van der Waals surface area contributed by atoms with Crippen molar-refractivity contribution in [2.24, 2.45) is 5.73 Å². The molecule has 0 aliphatic carbocycles. The minimum atomic E-state index is -0.526. The lowest BCUT2D eigenvalue weighted by Gasteiger charge is -2.23. The summed E-state index contributed by atoms with van der Waals surface area (Å²) in [5.41, 5.74) is 6.05. The van der Waals surface area contributed by atoms with E-state index in [1.165, 1.54) is 0 Å². The van der Waals surface area contributed by atoms with Crippen LogP contribution in [0.3, 0.4) is 0 Å². The maximum Gasteiger partial charge on any atom is 0.408 e. The molecular weight excluding hydrogens is 244 g/mol. The number of nitrogens with two attached hydrogens (primary N) is 1. The first-order chi connectivity index (χ1) is 8.81. The molecule has 19 heavy (non-hydrogen) atoms. The summed E-state index contributed by atoms with van der Waals surface area (Å²) in [7, 11) is 0. The molecule has 5 nitrogen and oxygen atoms in total. The molecule has 1 heterocycles. The van der Waals surface area contributed by atoms with Gasteiger partial charge in [-0.15, -0.1) is 0 Å². The summed E-state index contributed by atoms with van der Waals surface area (Å²) in [4.78, 5) is 11.7. The van der Waals surface area contributed by atoms with Gasteiger partial charge in [-0.05, 0) is 51.5 Å². The molecule has 0 saturated carbocycles. The highest BCUT2D eigenvalue weighted by molar-refractivity contribution is 5.69. The summed E-state index contributed by atoms with van der Waals surface area (Å²) in [5.74, 6) is 0.724. The molecule has 0 aliphatic heterocycles. The normalized spacial score (nSPS) is 14.1. The van der Waals surface area contributed by atoms with E-state index in [-0.39, 0.29) is 6.04 Å². The highest BCUT2D eigenvalue weighted by Gasteiger charge is 2.19. The van der Waals surface area contributed by atoms with Gasteiger partial charge in [0, 0.05) is 6.54 Å². The Hall–Kier alpha value is -1.75. The Morgan fingerprint density at radius 2 is 2.26 bits per heavy atom. The van der Waals surface area contributed by atoms with Gasteiger partial charge in [0.15, 0.2) is 0 Å². The second-order valence-corrected chi connectivity index (χ2v) is 5.34. The van der Waals surface area contributed by atoms with Gasteiger partial charge in [0.2, 0.25) is 0 Å². The monoisotopic (exact) mass is 266 g/mol. The van der Waals surface area contributed by atoms with Crippen LogP contribution in [0.4, 0.5) is 4.79 Å². The third-order valence-corrected chi connectivity index (χ3v) is 2.39. The van der Waals surface area contributed by atoms with Crippen molar-refractivity contribution in [3.63, 3.8) is 0 Å². The Bertz CT molecular complexity index is 430. The van der Waals surface area contributed by atoms with E-state index in [0.717, 1.165) is 11.3 Å². The van der Waals surface area contributed by atoms with E-state index < -0.39 is 11.7 Å². The van der Waals surface area contributed by atoms with Gasteiger partial charge in [0.05, 0.1) is 12.3 Å². The Labute approximate surface area is 113 Å². The number of alkyl carbamates (subject to hydrolysis) is 1. The molecule has 3 N–H and O–H groups in total. The molecule has 0 fully saturated rings. The minimum Gasteiger partial charge on any atom is -0.465 e. The molecule has 0 saturated heterocycles. The minimum absolute atomic E-state index is 0.278. The van der Waals surface area contributed by atoms with Gasteiger partial charge in [-0.1, -0.05) is 0 Å². The van der Waals surface area contributed by atoms with Crippen LogP contribution in [-0.4, -0.2) is 24.3 Å². The smallest absolute Gasteiger partial charge is 0.408 e. The zero-order valence-corrected chi connectivity index (χ0v) is 11.9. The van der Waals surface area contributed by atoms with Crippen LogP contribution in [-0.2, 0) is 4.74 Å². The van der Waals surface area contributed by atoms with Crippen molar-refractivity contribution in [1.82, 2.24) is 5.32 Å². The van der Waals surface area contributed by atoms with Gasteiger partial charge in [0.1, 0.15) is 11.4 Å². The lowest BCUT2D eigenvalue weighted by molar-refractivity contribution is 0.0513. The van der Waals surface area contributed by atoms with Crippen molar-refractivity contribution in [3.8, 4) is 0 Å². The summed E-state index contributed by atoms with van der Waals surface area (Å²) >= 11 is 0. The highest BCUT2D eigenvalue weighted by atomic mass is 16.6. The van der Waals surface area contributed by atoms with Crippen LogP contribution in [0, 0.1) is 0 Å². The number of ether oxygens (including phenoxy) is 1. The number of furan rings is 1. The van der Waals surface area contributed by atoms with Crippen molar-refractivity contribution < 1.29 is 13.9 Å². The standard InChI is InChI=1S/C14H22N2O3/c1-10(8-11-6-5-7-18-11)12(9-15)16-13(17)19-14(2,3)4/h5-8,12H,9,15H2,1-4H3,(H,16,17)/b10-8+. The molecule has 1 aromatic rings. The van der Waals surface area contributed by atoms with E-state index in [1.54, 1.807) is 12.3 Å². The summed E-state index contributed by atoms with van der Waals surface area (Å²) < 4.78 is 10.4. The summed E-state index contributed by atoms with van der Waals surface area (Å²) in [5, 5.41) is 2.74. The Morgan fingerprint density at radius 1 is 1.58 bits per heavy atom. The van der Waals surface area contributed by atoms with Gasteiger partial charge in [-0.25, -0.2) is 4.79 Å². The van der Waals surface area contributed by atoms with Gasteiger partial charge in [-0.2, -0.15) is 0 Å². The lowest BCUT2D eigenvalue weighted by Crippen LogP contribution is -2.43. The number of amides is 1. The second-order valence-electron chi connectivity index (χ2n) is 5.34. The number of hydrogen-bond donors (Lipinski definition) is 2. The molecule has 1 atom stereocenters. The first kappa shape index (κ1) is 15.3. The lowest BCUT2D eigenvalue weighted by atomic mass is 10.1. The van der Waals surface area contributed by atoms with Gasteiger partial charge in [-0.3, -0.25) is 0 Å². The Balaban J connectivity index is 2.65. The van der Waals surface area contributed by atoms with Crippen molar-refractivity contribution in [2.75, 3.05) is 6.54 Å². The van der Waals surface area contributed by atoms with Crippen molar-refractivity contribution in [1.29, 1.82) is 0 Å². The molecular formula is C14H22N2O3. The van der Waals surface area contributed by atoms with E-state index in [0.29, 0.717) is 6.54 Å². The number of carbonyl (C=O) groups excluding carboxylic acids is 1. The van der Waals surface area contributed by atoms with Crippen LogP contribution in [0.5, 0.6) is 0 Å². The molecule has 1 rings (SSSR count). The predicted molar refractivity (Wildman–Crippen MR) is 74.6 cm³/mol. The molecule has 0 spiro atoms. The molecule has 5 heteroatoms. The van der Waals surface area contributed by atoms with Crippen LogP contribution < -0.4 is 11.1 Å². The van der Waals surface area contributed by atoms with E-state index in [9.17, 15) is 4.79 Å². The molecule has 0 aliphatic rings. The van der Waals surface area contributed by atoms with Crippen LogP contribution in [0.25, 0.3) is 6.08 Å². The third-order valence-electron chi connectivity index (χ3n) is 2.39. The maximum absolute atomic E-state index is 11.7. The average molecular weight is 266 g/mol. The van der Waals surface area contributed by atoms with E-state index in [2.05, 4.69) is 5.32 Å². The topological polar surface area (TPSA) is 77.5 Å². The Kier molecular flexibility index (Phi) is 5.18. The van der Waals surface area contributed by atoms with Crippen LogP contribution in [0.15, 0.2) is 28.4 Å². The number of rotatable bonds is 4. The molecule has 0 bridgehead atoms. The molecule has 1 aromatic heterocycles. The number of carbonyl (C=O) groups is 1. The second kappa shape index (κ2) is 6.43. The molecule has 0 aromatic carbocycles. The van der Waals surface area contributed by atoms with Gasteiger partial charge >= 0.3 is 6.09 Å². The van der Waals surface area contributed by atoms with Crippen molar-refractivity contribution >= 4 is 12.2 Å². The zero-order valence-electron chi connectivity index (χ0n) is 11.9. The molecule has 0 radical (unpaired) electrons. The third kappa shape index (κ3) is 5.61. The predicted octanol–water partition coefficient (Wildman–Crippen LogP) is 2.53. The Morgan fingerprint density at radius 3 is 2.74 bits per heavy atom. The fraction of sp³-hybridized carbons (Fsp3) is 0.500. The quantitative estimate of drug-likeness (QED) is 0.878. The first-order valence-electron chi connectivity index (χ1n) is 6.23. The fourth-order valence-electron chi connectivity index (χ4n) is 1.51. The average Bonchev–Trinajstić information content (AvgIpc) is 2.75. The van der Waals surface area contributed by atoms with Crippen LogP contribution in [0.1, 0.15) is 33.5 Å². The molecule has 1 unspecified atom stereocenters.